The number of carbonyl (C=O) groups excluding carboxylic acids is 3. The van der Waals surface area contributed by atoms with Crippen LogP contribution in [0.5, 0.6) is 0 Å². The van der Waals surface area contributed by atoms with E-state index in [0.29, 0.717) is 0 Å². The molecule has 0 N–H and O–H groups in total. The summed E-state index contributed by atoms with van der Waals surface area (Å²) < 4.78 is 35.1. The number of aliphatic imine (C=N–C) groups is 1. The molecule has 0 spiro atoms. The van der Waals surface area contributed by atoms with Gasteiger partial charge in [0.15, 0.2) is 21.3 Å². The highest BCUT2D eigenvalue weighted by atomic mass is 32.2. The fourth-order valence-electron chi connectivity index (χ4n) is 3.88. The average Bonchev–Trinajstić information content (AvgIpc) is 2.65. The van der Waals surface area contributed by atoms with Crippen molar-refractivity contribution in [2.45, 2.75) is 50.5 Å². The second kappa shape index (κ2) is 8.12. The van der Waals surface area contributed by atoms with Crippen LogP contribution in [0, 0.1) is 5.92 Å². The Morgan fingerprint density at radius 2 is 1.93 bits per heavy atom. The summed E-state index contributed by atoms with van der Waals surface area (Å²) in [5.74, 6) is -2.23. The molecule has 154 valence electrons. The van der Waals surface area contributed by atoms with Crippen LogP contribution in [0.4, 0.5) is 0 Å². The molecule has 0 radical (unpaired) electrons. The van der Waals surface area contributed by atoms with Gasteiger partial charge in [0.2, 0.25) is 0 Å². The first-order chi connectivity index (χ1) is 13.3. The van der Waals surface area contributed by atoms with Gasteiger partial charge in [-0.05, 0) is 18.8 Å². The predicted molar refractivity (Wildman–Crippen MR) is 99.0 cm³/mol. The number of amides is 2. The average molecular weight is 412 g/mol. The number of esters is 1. The molecule has 2 atom stereocenters. The molecule has 0 aromatic rings. The van der Waals surface area contributed by atoms with Crippen molar-refractivity contribution in [1.29, 1.82) is 0 Å². The molecule has 28 heavy (non-hydrogen) atoms. The molecular formula is C18H24N2O7S. The van der Waals surface area contributed by atoms with E-state index in [1.165, 1.54) is 14.0 Å². The first-order valence-corrected chi connectivity index (χ1v) is 11.0. The molecule has 1 aliphatic carbocycles. The molecule has 0 unspecified atom stereocenters. The van der Waals surface area contributed by atoms with E-state index in [1.54, 1.807) is 6.21 Å². The third-order valence-electron chi connectivity index (χ3n) is 5.27. The molecule has 9 nitrogen and oxygen atoms in total. The van der Waals surface area contributed by atoms with Crippen molar-refractivity contribution >= 4 is 33.8 Å². The minimum atomic E-state index is -3.79. The van der Waals surface area contributed by atoms with Gasteiger partial charge in [-0.3, -0.25) is 19.3 Å². The van der Waals surface area contributed by atoms with Crippen molar-refractivity contribution in [3.8, 4) is 0 Å². The number of rotatable bonds is 5. The van der Waals surface area contributed by atoms with Crippen LogP contribution in [0.1, 0.15) is 39.0 Å². The van der Waals surface area contributed by atoms with Gasteiger partial charge in [0.05, 0.1) is 5.75 Å². The predicted octanol–water partition coefficient (Wildman–Crippen LogP) is 0.593. The van der Waals surface area contributed by atoms with Crippen LogP contribution < -0.4 is 0 Å². The summed E-state index contributed by atoms with van der Waals surface area (Å²) >= 11 is 0. The van der Waals surface area contributed by atoms with Gasteiger partial charge in [-0.15, -0.1) is 0 Å². The van der Waals surface area contributed by atoms with E-state index in [9.17, 15) is 22.8 Å². The fourth-order valence-corrected chi connectivity index (χ4v) is 5.89. The molecule has 2 amide bonds. The second-order valence-electron chi connectivity index (χ2n) is 7.28. The number of methoxy groups -OCH3 is 1. The van der Waals surface area contributed by atoms with E-state index in [-0.39, 0.29) is 23.8 Å². The van der Waals surface area contributed by atoms with Gasteiger partial charge in [0.1, 0.15) is 12.3 Å². The van der Waals surface area contributed by atoms with E-state index in [0.717, 1.165) is 37.0 Å². The number of β-lactam (4-membered cyclic amide) rings is 1. The highest BCUT2D eigenvalue weighted by Gasteiger charge is 2.60. The summed E-state index contributed by atoms with van der Waals surface area (Å²) in [6.45, 7) is 0.794. The largest absolute Gasteiger partial charge is 0.461 e. The zero-order valence-corrected chi connectivity index (χ0v) is 16.7. The molecule has 1 saturated heterocycles. The Bertz CT molecular complexity index is 840. The van der Waals surface area contributed by atoms with Gasteiger partial charge in [0.25, 0.3) is 11.8 Å². The Balaban J connectivity index is 1.93. The zero-order chi connectivity index (χ0) is 20.5. The number of hydrogen-bond acceptors (Lipinski definition) is 7. The number of ether oxygens (including phenoxy) is 2. The quantitative estimate of drug-likeness (QED) is 0.368. The summed E-state index contributed by atoms with van der Waals surface area (Å²) in [4.78, 5) is 41.3. The lowest BCUT2D eigenvalue weighted by molar-refractivity contribution is -0.160. The van der Waals surface area contributed by atoms with Gasteiger partial charge in [-0.25, -0.2) is 13.4 Å². The molecule has 3 rings (SSSR count). The molecule has 0 bridgehead atoms. The summed E-state index contributed by atoms with van der Waals surface area (Å²) in [7, 11) is -2.54. The number of nitrogens with zero attached hydrogens (tertiary/aromatic N) is 2. The van der Waals surface area contributed by atoms with E-state index in [2.05, 4.69) is 4.99 Å². The molecule has 0 aromatic heterocycles. The lowest BCUT2D eigenvalue weighted by Gasteiger charge is -2.48. The van der Waals surface area contributed by atoms with Crippen molar-refractivity contribution in [3.63, 3.8) is 0 Å². The standard InChI is InChI=1S/C18H24N2O7S/c1-11(21)27-9-13-10-28(24,25)18-15(26-2)17(23)20(18)14(13)16(22)19-8-12-6-4-3-5-7-12/h8,12,15,18H,3-7,9-10H2,1-2H3/t15-,18+/m0/s1. The molecule has 3 aliphatic rings. The third kappa shape index (κ3) is 3.88. The normalized spacial score (nSPS) is 27.5. The lowest BCUT2D eigenvalue weighted by atomic mass is 9.90. The number of carbonyl (C=O) groups is 3. The SMILES string of the molecule is CO[C@H]1C(=O)N2C(C(=O)N=CC3CCCCC3)=C(COC(C)=O)CS(=O)(=O)[C@H]12. The molecule has 2 fully saturated rings. The Morgan fingerprint density at radius 3 is 2.54 bits per heavy atom. The minimum absolute atomic E-state index is 0.0557. The monoisotopic (exact) mass is 412 g/mol. The smallest absolute Gasteiger partial charge is 0.302 e. The van der Waals surface area contributed by atoms with E-state index < -0.39 is 44.9 Å². The first-order valence-electron chi connectivity index (χ1n) is 9.27. The van der Waals surface area contributed by atoms with Gasteiger partial charge < -0.3 is 9.47 Å². The summed E-state index contributed by atoms with van der Waals surface area (Å²) in [6.07, 6.45) is 5.65. The maximum Gasteiger partial charge on any atom is 0.302 e. The molecular weight excluding hydrogens is 388 g/mol. The third-order valence-corrected chi connectivity index (χ3v) is 7.22. The van der Waals surface area contributed by atoms with Crippen LogP contribution in [-0.2, 0) is 33.7 Å². The molecule has 1 saturated carbocycles. The van der Waals surface area contributed by atoms with Gasteiger partial charge >= 0.3 is 5.97 Å². The Morgan fingerprint density at radius 1 is 1.25 bits per heavy atom. The maximum atomic E-state index is 12.8. The van der Waals surface area contributed by atoms with E-state index in [1.807, 2.05) is 0 Å². The van der Waals surface area contributed by atoms with Crippen LogP contribution in [-0.4, -0.2) is 68.3 Å². The lowest BCUT2D eigenvalue weighted by Crippen LogP contribution is -2.70. The zero-order valence-electron chi connectivity index (χ0n) is 15.9. The highest BCUT2D eigenvalue weighted by Crippen LogP contribution is 2.38. The maximum absolute atomic E-state index is 12.8. The van der Waals surface area contributed by atoms with Gasteiger partial charge in [-0.2, -0.15) is 0 Å². The van der Waals surface area contributed by atoms with Gasteiger partial charge in [-0.1, -0.05) is 19.3 Å². The van der Waals surface area contributed by atoms with E-state index in [4.69, 9.17) is 9.47 Å². The van der Waals surface area contributed by atoms with Crippen molar-refractivity contribution in [2.24, 2.45) is 10.9 Å². The molecule has 10 heteroatoms. The molecule has 0 aromatic carbocycles. The number of fused-ring (bicyclic) bond motifs is 1. The van der Waals surface area contributed by atoms with Crippen LogP contribution in [0.3, 0.4) is 0 Å². The van der Waals surface area contributed by atoms with Crippen molar-refractivity contribution in [1.82, 2.24) is 4.90 Å². The number of sulfone groups is 1. The van der Waals surface area contributed by atoms with Crippen molar-refractivity contribution in [2.75, 3.05) is 19.5 Å². The topological polar surface area (TPSA) is 119 Å². The van der Waals surface area contributed by atoms with E-state index >= 15 is 0 Å². The van der Waals surface area contributed by atoms with Crippen molar-refractivity contribution < 1.29 is 32.3 Å². The second-order valence-corrected chi connectivity index (χ2v) is 9.37. The first kappa shape index (κ1) is 20.7. The molecule has 2 heterocycles. The van der Waals surface area contributed by atoms with Crippen LogP contribution in [0.25, 0.3) is 0 Å². The summed E-state index contributed by atoms with van der Waals surface area (Å²) in [6, 6.07) is 0. The molecule has 2 aliphatic heterocycles. The number of hydrogen-bond donors (Lipinski definition) is 0. The van der Waals surface area contributed by atoms with Crippen molar-refractivity contribution in [3.05, 3.63) is 11.3 Å². The Labute approximate surface area is 163 Å². The summed E-state index contributed by atoms with van der Waals surface area (Å²) in [5.41, 5.74) is -0.0634. The minimum Gasteiger partial charge on any atom is -0.461 e. The van der Waals surface area contributed by atoms with Gasteiger partial charge in [0, 0.05) is 25.8 Å². The fraction of sp³-hybridized carbons (Fsp3) is 0.667. The van der Waals surface area contributed by atoms with Crippen LogP contribution in [0.2, 0.25) is 0 Å². The Hall–Kier alpha value is -2.07. The summed E-state index contributed by atoms with van der Waals surface area (Å²) in [5, 5.41) is -1.25. The Kier molecular flexibility index (Phi) is 5.99. The van der Waals surface area contributed by atoms with Crippen LogP contribution >= 0.6 is 0 Å². The highest BCUT2D eigenvalue weighted by molar-refractivity contribution is 7.92. The van der Waals surface area contributed by atoms with Crippen LogP contribution in [0.15, 0.2) is 16.3 Å².